The van der Waals surface area contributed by atoms with Crippen molar-refractivity contribution >= 4 is 5.91 Å². The molecule has 132 valence electrons. The maximum Gasteiger partial charge on any atom is 0.231 e. The number of carbonyl (C=O) groups is 1. The average Bonchev–Trinajstić information content (AvgIpc) is 3.38. The number of hydrogen-bond donors (Lipinski definition) is 1. The number of hydrogen-bond acceptors (Lipinski definition) is 2. The third-order valence-electron chi connectivity index (χ3n) is 5.31. The van der Waals surface area contributed by atoms with Crippen LogP contribution in [0.1, 0.15) is 41.4 Å². The third-order valence-corrected chi connectivity index (χ3v) is 5.31. The zero-order valence-corrected chi connectivity index (χ0v) is 15.1. The van der Waals surface area contributed by atoms with E-state index in [1.165, 1.54) is 5.56 Å². The maximum absolute atomic E-state index is 13.2. The molecule has 1 N–H and O–H groups in total. The third kappa shape index (κ3) is 2.92. The Hall–Kier alpha value is -2.88. The van der Waals surface area contributed by atoms with Gasteiger partial charge in [-0.15, -0.1) is 0 Å². The molecule has 1 fully saturated rings. The summed E-state index contributed by atoms with van der Waals surface area (Å²) in [6, 6.07) is 18.1. The van der Waals surface area contributed by atoms with Crippen molar-refractivity contribution in [2.24, 2.45) is 7.05 Å². The van der Waals surface area contributed by atoms with Crippen LogP contribution in [0.5, 0.6) is 0 Å². The molecule has 1 aliphatic rings. The first kappa shape index (κ1) is 16.6. The van der Waals surface area contributed by atoms with Crippen molar-refractivity contribution in [3.8, 4) is 0 Å². The molecule has 2 aromatic carbocycles. The van der Waals surface area contributed by atoms with E-state index >= 15 is 0 Å². The second-order valence-electron chi connectivity index (χ2n) is 7.16. The molecule has 1 unspecified atom stereocenters. The normalized spacial score (nSPS) is 16.1. The summed E-state index contributed by atoms with van der Waals surface area (Å²) in [6.45, 7) is 2.06. The standard InChI is InChI=1S/C22H23N3O/c1-16-8-10-17(11-9-16)19(20-23-14-15-25(20)2)24-21(26)22(12-13-22)18-6-4-3-5-7-18/h3-11,14-15,19H,12-13H2,1-2H3,(H,24,26). The molecule has 4 heteroatoms. The molecule has 4 nitrogen and oxygen atoms in total. The molecule has 1 aliphatic carbocycles. The van der Waals surface area contributed by atoms with Crippen molar-refractivity contribution < 1.29 is 4.79 Å². The smallest absolute Gasteiger partial charge is 0.231 e. The van der Waals surface area contributed by atoms with E-state index in [9.17, 15) is 4.79 Å². The highest BCUT2D eigenvalue weighted by atomic mass is 16.2. The summed E-state index contributed by atoms with van der Waals surface area (Å²) in [5.74, 6) is 0.920. The largest absolute Gasteiger partial charge is 0.341 e. The van der Waals surface area contributed by atoms with E-state index in [2.05, 4.69) is 41.5 Å². The topological polar surface area (TPSA) is 46.9 Å². The summed E-state index contributed by atoms with van der Waals surface area (Å²) in [5, 5.41) is 3.27. The van der Waals surface area contributed by atoms with Gasteiger partial charge in [-0.2, -0.15) is 0 Å². The van der Waals surface area contributed by atoms with Crippen LogP contribution in [0.15, 0.2) is 67.0 Å². The fourth-order valence-corrected chi connectivity index (χ4v) is 3.51. The minimum absolute atomic E-state index is 0.0808. The lowest BCUT2D eigenvalue weighted by Gasteiger charge is -2.23. The van der Waals surface area contributed by atoms with Crippen LogP contribution in [0, 0.1) is 6.92 Å². The number of aryl methyl sites for hydroxylation is 2. The predicted octanol–water partition coefficient (Wildman–Crippen LogP) is 3.67. The number of nitrogens with one attached hydrogen (secondary N) is 1. The number of amides is 1. The van der Waals surface area contributed by atoms with E-state index in [1.807, 2.05) is 48.1 Å². The van der Waals surface area contributed by atoms with E-state index in [0.717, 1.165) is 29.8 Å². The van der Waals surface area contributed by atoms with Crippen molar-refractivity contribution in [1.29, 1.82) is 0 Å². The van der Waals surface area contributed by atoms with Gasteiger partial charge in [-0.25, -0.2) is 4.98 Å². The minimum atomic E-state index is -0.393. The van der Waals surface area contributed by atoms with Gasteiger partial charge in [-0.1, -0.05) is 60.2 Å². The van der Waals surface area contributed by atoms with Gasteiger partial charge in [0.15, 0.2) is 0 Å². The number of imidazole rings is 1. The van der Waals surface area contributed by atoms with E-state index in [0.29, 0.717) is 0 Å². The molecule has 0 spiro atoms. The molecule has 1 aromatic heterocycles. The van der Waals surface area contributed by atoms with Crippen molar-refractivity contribution in [3.63, 3.8) is 0 Å². The van der Waals surface area contributed by atoms with Gasteiger partial charge in [0.1, 0.15) is 11.9 Å². The zero-order valence-electron chi connectivity index (χ0n) is 15.1. The fraction of sp³-hybridized carbons (Fsp3) is 0.273. The molecule has 26 heavy (non-hydrogen) atoms. The lowest BCUT2D eigenvalue weighted by atomic mass is 9.94. The molecule has 1 heterocycles. The minimum Gasteiger partial charge on any atom is -0.341 e. The van der Waals surface area contributed by atoms with Gasteiger partial charge < -0.3 is 9.88 Å². The molecule has 3 aromatic rings. The second-order valence-corrected chi connectivity index (χ2v) is 7.16. The van der Waals surface area contributed by atoms with Crippen LogP contribution in [-0.4, -0.2) is 15.5 Å². The first-order valence-electron chi connectivity index (χ1n) is 9.00. The van der Waals surface area contributed by atoms with Crippen LogP contribution in [0.25, 0.3) is 0 Å². The van der Waals surface area contributed by atoms with Crippen LogP contribution in [0.2, 0.25) is 0 Å². The molecule has 1 saturated carbocycles. The van der Waals surface area contributed by atoms with E-state index in [-0.39, 0.29) is 11.9 Å². The molecule has 0 radical (unpaired) electrons. The lowest BCUT2D eigenvalue weighted by molar-refractivity contribution is -0.124. The average molecular weight is 345 g/mol. The number of carbonyl (C=O) groups excluding carboxylic acids is 1. The van der Waals surface area contributed by atoms with Crippen LogP contribution >= 0.6 is 0 Å². The lowest BCUT2D eigenvalue weighted by Crippen LogP contribution is -2.38. The Balaban J connectivity index is 1.66. The van der Waals surface area contributed by atoms with Gasteiger partial charge in [0.25, 0.3) is 0 Å². The molecular weight excluding hydrogens is 322 g/mol. The summed E-state index contributed by atoms with van der Waals surface area (Å²) in [7, 11) is 1.96. The fourth-order valence-electron chi connectivity index (χ4n) is 3.51. The maximum atomic E-state index is 13.2. The van der Waals surface area contributed by atoms with E-state index in [1.54, 1.807) is 6.20 Å². The first-order chi connectivity index (χ1) is 12.6. The molecule has 0 aliphatic heterocycles. The Morgan fingerprint density at radius 2 is 1.81 bits per heavy atom. The molecule has 1 amide bonds. The van der Waals surface area contributed by atoms with Gasteiger partial charge in [0.2, 0.25) is 5.91 Å². The van der Waals surface area contributed by atoms with Crippen LogP contribution in [0.3, 0.4) is 0 Å². The monoisotopic (exact) mass is 345 g/mol. The van der Waals surface area contributed by atoms with Crippen molar-refractivity contribution in [3.05, 3.63) is 89.5 Å². The van der Waals surface area contributed by atoms with E-state index in [4.69, 9.17) is 0 Å². The Labute approximate surface area is 153 Å². The molecule has 0 saturated heterocycles. The number of nitrogens with zero attached hydrogens (tertiary/aromatic N) is 2. The first-order valence-corrected chi connectivity index (χ1v) is 9.00. The van der Waals surface area contributed by atoms with Crippen molar-refractivity contribution in [2.75, 3.05) is 0 Å². The highest BCUT2D eigenvalue weighted by Crippen LogP contribution is 2.48. The highest BCUT2D eigenvalue weighted by molar-refractivity contribution is 5.91. The number of benzene rings is 2. The number of aromatic nitrogens is 2. The van der Waals surface area contributed by atoms with Crippen LogP contribution in [0.4, 0.5) is 0 Å². The van der Waals surface area contributed by atoms with Gasteiger partial charge in [-0.3, -0.25) is 4.79 Å². The number of rotatable bonds is 5. The molecule has 0 bridgehead atoms. The van der Waals surface area contributed by atoms with Crippen LogP contribution in [-0.2, 0) is 17.3 Å². The van der Waals surface area contributed by atoms with Crippen molar-refractivity contribution in [2.45, 2.75) is 31.2 Å². The Morgan fingerprint density at radius 1 is 1.12 bits per heavy atom. The van der Waals surface area contributed by atoms with Gasteiger partial charge in [-0.05, 0) is 30.9 Å². The Bertz CT molecular complexity index is 908. The van der Waals surface area contributed by atoms with Gasteiger partial charge >= 0.3 is 0 Å². The summed E-state index contributed by atoms with van der Waals surface area (Å²) in [5.41, 5.74) is 2.94. The summed E-state index contributed by atoms with van der Waals surface area (Å²) in [4.78, 5) is 17.7. The SMILES string of the molecule is Cc1ccc(C(NC(=O)C2(c3ccccc3)CC2)c2nccn2C)cc1. The summed E-state index contributed by atoms with van der Waals surface area (Å²) in [6.07, 6.45) is 5.47. The zero-order chi connectivity index (χ0) is 18.1. The molecule has 1 atom stereocenters. The van der Waals surface area contributed by atoms with Crippen molar-refractivity contribution in [1.82, 2.24) is 14.9 Å². The summed E-state index contributed by atoms with van der Waals surface area (Å²) < 4.78 is 1.97. The summed E-state index contributed by atoms with van der Waals surface area (Å²) >= 11 is 0. The molecular formula is C22H23N3O. The predicted molar refractivity (Wildman–Crippen MR) is 102 cm³/mol. The highest BCUT2D eigenvalue weighted by Gasteiger charge is 2.51. The Kier molecular flexibility index (Phi) is 4.11. The quantitative estimate of drug-likeness (QED) is 0.767. The Morgan fingerprint density at radius 3 is 2.38 bits per heavy atom. The van der Waals surface area contributed by atoms with Crippen LogP contribution < -0.4 is 5.32 Å². The van der Waals surface area contributed by atoms with Gasteiger partial charge in [0.05, 0.1) is 5.41 Å². The second kappa shape index (κ2) is 6.45. The van der Waals surface area contributed by atoms with E-state index < -0.39 is 5.41 Å². The molecule has 4 rings (SSSR count). The van der Waals surface area contributed by atoms with Gasteiger partial charge in [0, 0.05) is 19.4 Å².